The maximum Gasteiger partial charge on any atom is 0.106 e. The lowest BCUT2D eigenvalue weighted by molar-refractivity contribution is 0.437. The molecule has 1 aromatic rings. The molecule has 0 amide bonds. The van der Waals surface area contributed by atoms with Crippen molar-refractivity contribution in [1.29, 1.82) is 0 Å². The van der Waals surface area contributed by atoms with Crippen molar-refractivity contribution < 1.29 is 0 Å². The van der Waals surface area contributed by atoms with Crippen LogP contribution in [0.25, 0.3) is 0 Å². The Kier molecular flexibility index (Phi) is 5.72. The Balaban J connectivity index is 1.72. The second kappa shape index (κ2) is 7.57. The van der Waals surface area contributed by atoms with E-state index in [0.717, 1.165) is 25.3 Å². The van der Waals surface area contributed by atoms with Gasteiger partial charge in [-0.2, -0.15) is 0 Å². The number of aromatic nitrogens is 2. The molecule has 0 bridgehead atoms. The first-order valence-electron chi connectivity index (χ1n) is 7.64. The molecule has 2 rings (SSSR count). The molecule has 1 saturated carbocycles. The van der Waals surface area contributed by atoms with Crippen LogP contribution in [0, 0.1) is 0 Å². The van der Waals surface area contributed by atoms with Crippen LogP contribution in [0.5, 0.6) is 0 Å². The van der Waals surface area contributed by atoms with Gasteiger partial charge in [-0.1, -0.05) is 32.1 Å². The quantitative estimate of drug-likeness (QED) is 0.726. The number of aromatic amines is 1. The second-order valence-electron chi connectivity index (χ2n) is 5.57. The number of nitrogens with one attached hydrogen (secondary N) is 1. The van der Waals surface area contributed by atoms with E-state index in [1.807, 2.05) is 0 Å². The van der Waals surface area contributed by atoms with Crippen LogP contribution in [-0.4, -0.2) is 16.5 Å². The summed E-state index contributed by atoms with van der Waals surface area (Å²) in [5, 5.41) is 0. The molecule has 0 aromatic carbocycles. The third-order valence-corrected chi connectivity index (χ3v) is 4.06. The van der Waals surface area contributed by atoms with Crippen molar-refractivity contribution in [3.63, 3.8) is 0 Å². The van der Waals surface area contributed by atoms with Crippen LogP contribution >= 0.6 is 0 Å². The summed E-state index contributed by atoms with van der Waals surface area (Å²) in [6.07, 6.45) is 15.0. The van der Waals surface area contributed by atoms with E-state index < -0.39 is 0 Å². The highest BCUT2D eigenvalue weighted by Gasteiger charge is 2.17. The second-order valence-corrected chi connectivity index (χ2v) is 5.57. The van der Waals surface area contributed by atoms with Crippen LogP contribution < -0.4 is 5.73 Å². The average Bonchev–Trinajstić information content (AvgIpc) is 2.88. The maximum absolute atomic E-state index is 5.49. The van der Waals surface area contributed by atoms with E-state index in [1.54, 1.807) is 0 Å². The molecule has 102 valence electrons. The van der Waals surface area contributed by atoms with Gasteiger partial charge in [0.15, 0.2) is 0 Å². The fraction of sp³-hybridized carbons (Fsp3) is 0.800. The number of hydrogen-bond donors (Lipinski definition) is 2. The van der Waals surface area contributed by atoms with Gasteiger partial charge in [-0.05, 0) is 32.2 Å². The topological polar surface area (TPSA) is 54.7 Å². The van der Waals surface area contributed by atoms with Gasteiger partial charge < -0.3 is 10.7 Å². The molecular weight excluding hydrogens is 222 g/mol. The summed E-state index contributed by atoms with van der Waals surface area (Å²) in [6, 6.07) is 0. The third kappa shape index (κ3) is 4.13. The van der Waals surface area contributed by atoms with Crippen molar-refractivity contribution in [2.75, 3.05) is 6.54 Å². The summed E-state index contributed by atoms with van der Waals surface area (Å²) in [7, 11) is 0. The lowest BCUT2D eigenvalue weighted by Gasteiger charge is -2.19. The Labute approximate surface area is 111 Å². The van der Waals surface area contributed by atoms with Gasteiger partial charge in [-0.15, -0.1) is 0 Å². The van der Waals surface area contributed by atoms with Gasteiger partial charge in [0.1, 0.15) is 5.82 Å². The Morgan fingerprint density at radius 1 is 1.11 bits per heavy atom. The average molecular weight is 249 g/mol. The van der Waals surface area contributed by atoms with Crippen LogP contribution in [0.3, 0.4) is 0 Å². The van der Waals surface area contributed by atoms with Crippen molar-refractivity contribution in [1.82, 2.24) is 9.97 Å². The highest BCUT2D eigenvalue weighted by atomic mass is 14.9. The van der Waals surface area contributed by atoms with Crippen molar-refractivity contribution in [3.8, 4) is 0 Å². The van der Waals surface area contributed by atoms with Crippen LogP contribution in [0.15, 0.2) is 6.20 Å². The van der Waals surface area contributed by atoms with E-state index in [9.17, 15) is 0 Å². The number of hydrogen-bond acceptors (Lipinski definition) is 2. The van der Waals surface area contributed by atoms with E-state index in [-0.39, 0.29) is 0 Å². The molecule has 3 heteroatoms. The molecule has 1 heterocycles. The normalized spacial score (nSPS) is 17.2. The minimum atomic E-state index is 0.747. The number of unbranched alkanes of at least 4 members (excludes halogenated alkanes) is 3. The van der Waals surface area contributed by atoms with Gasteiger partial charge in [-0.3, -0.25) is 0 Å². The van der Waals surface area contributed by atoms with Crippen molar-refractivity contribution in [3.05, 3.63) is 17.7 Å². The predicted octanol–water partition coefficient (Wildman–Crippen LogP) is 3.52. The molecule has 0 saturated heterocycles. The fourth-order valence-corrected chi connectivity index (χ4v) is 2.92. The number of nitrogens with two attached hydrogens (primary N) is 1. The van der Waals surface area contributed by atoms with Gasteiger partial charge in [0.25, 0.3) is 0 Å². The molecule has 1 aromatic heterocycles. The Hall–Kier alpha value is -0.830. The molecule has 0 aliphatic heterocycles. The highest BCUT2D eigenvalue weighted by Crippen LogP contribution is 2.31. The van der Waals surface area contributed by atoms with Crippen molar-refractivity contribution >= 4 is 0 Å². The van der Waals surface area contributed by atoms with E-state index in [1.165, 1.54) is 62.9 Å². The summed E-state index contributed by atoms with van der Waals surface area (Å²) >= 11 is 0. The SMILES string of the molecule is NCCCCCCc1ncc(C2CCCCC2)[nH]1. The smallest absolute Gasteiger partial charge is 0.106 e. The summed E-state index contributed by atoms with van der Waals surface area (Å²) in [5.41, 5.74) is 6.87. The molecule has 1 fully saturated rings. The van der Waals surface area contributed by atoms with E-state index in [4.69, 9.17) is 5.73 Å². The first kappa shape index (κ1) is 13.6. The lowest BCUT2D eigenvalue weighted by Crippen LogP contribution is -2.04. The number of nitrogens with zero attached hydrogens (tertiary/aromatic N) is 1. The lowest BCUT2D eigenvalue weighted by atomic mass is 9.87. The summed E-state index contributed by atoms with van der Waals surface area (Å²) in [4.78, 5) is 8.07. The molecule has 0 atom stereocenters. The molecule has 3 nitrogen and oxygen atoms in total. The molecule has 3 N–H and O–H groups in total. The number of rotatable bonds is 7. The minimum absolute atomic E-state index is 0.747. The van der Waals surface area contributed by atoms with Crippen LogP contribution in [0.2, 0.25) is 0 Å². The van der Waals surface area contributed by atoms with E-state index in [2.05, 4.69) is 16.2 Å². The van der Waals surface area contributed by atoms with Gasteiger partial charge in [-0.25, -0.2) is 4.98 Å². The van der Waals surface area contributed by atoms with Crippen molar-refractivity contribution in [2.24, 2.45) is 5.73 Å². The van der Waals surface area contributed by atoms with Crippen LogP contribution in [-0.2, 0) is 6.42 Å². The van der Waals surface area contributed by atoms with Crippen LogP contribution in [0.4, 0.5) is 0 Å². The molecule has 18 heavy (non-hydrogen) atoms. The number of H-pyrrole nitrogens is 1. The standard InChI is InChI=1S/C15H27N3/c16-11-7-2-1-6-10-15-17-12-14(18-15)13-8-4-3-5-9-13/h12-13H,1-11,16H2,(H,17,18). The number of imidazole rings is 1. The molecule has 0 spiro atoms. The molecule has 0 unspecified atom stereocenters. The van der Waals surface area contributed by atoms with Gasteiger partial charge >= 0.3 is 0 Å². The highest BCUT2D eigenvalue weighted by molar-refractivity contribution is 5.08. The molecule has 0 radical (unpaired) electrons. The first-order valence-corrected chi connectivity index (χ1v) is 7.64. The molecule has 1 aliphatic rings. The van der Waals surface area contributed by atoms with E-state index in [0.29, 0.717) is 0 Å². The number of aryl methyl sites for hydroxylation is 1. The van der Waals surface area contributed by atoms with Gasteiger partial charge in [0.05, 0.1) is 0 Å². The fourth-order valence-electron chi connectivity index (χ4n) is 2.92. The summed E-state index contributed by atoms with van der Waals surface area (Å²) in [5.74, 6) is 1.93. The maximum atomic E-state index is 5.49. The first-order chi connectivity index (χ1) is 8.90. The van der Waals surface area contributed by atoms with Crippen molar-refractivity contribution in [2.45, 2.75) is 70.1 Å². The summed E-state index contributed by atoms with van der Waals surface area (Å²) < 4.78 is 0. The molecule has 1 aliphatic carbocycles. The molecular formula is C15H27N3. The predicted molar refractivity (Wildman–Crippen MR) is 75.6 cm³/mol. The summed E-state index contributed by atoms with van der Waals surface area (Å²) in [6.45, 7) is 0.826. The zero-order chi connectivity index (χ0) is 12.6. The monoisotopic (exact) mass is 249 g/mol. The largest absolute Gasteiger partial charge is 0.346 e. The van der Waals surface area contributed by atoms with E-state index >= 15 is 0 Å². The van der Waals surface area contributed by atoms with Gasteiger partial charge in [0, 0.05) is 24.2 Å². The zero-order valence-corrected chi connectivity index (χ0v) is 11.5. The Bertz CT molecular complexity index is 326. The minimum Gasteiger partial charge on any atom is -0.346 e. The third-order valence-electron chi connectivity index (χ3n) is 4.06. The Morgan fingerprint density at radius 2 is 1.89 bits per heavy atom. The van der Waals surface area contributed by atoms with Crippen LogP contribution in [0.1, 0.15) is 75.2 Å². The van der Waals surface area contributed by atoms with Gasteiger partial charge in [0.2, 0.25) is 0 Å². The Morgan fingerprint density at radius 3 is 2.67 bits per heavy atom. The zero-order valence-electron chi connectivity index (χ0n) is 11.5.